The largest absolute Gasteiger partial charge is 0.382 e. The zero-order valence-electron chi connectivity index (χ0n) is 11.5. The van der Waals surface area contributed by atoms with E-state index in [1.165, 1.54) is 5.69 Å². The van der Waals surface area contributed by atoms with Crippen molar-refractivity contribution >= 4 is 5.69 Å². The molecule has 1 atom stereocenters. The number of hydrogen-bond donors (Lipinski definition) is 1. The molecule has 1 N–H and O–H groups in total. The van der Waals surface area contributed by atoms with Crippen LogP contribution in [0.2, 0.25) is 0 Å². The van der Waals surface area contributed by atoms with Crippen LogP contribution in [-0.2, 0) is 0 Å². The number of aromatic nitrogens is 1. The zero-order chi connectivity index (χ0) is 13.7. The van der Waals surface area contributed by atoms with Gasteiger partial charge in [0.2, 0.25) is 0 Å². The van der Waals surface area contributed by atoms with E-state index in [1.807, 2.05) is 30.3 Å². The Kier molecular flexibility index (Phi) is 4.53. The molecule has 100 valence electrons. The number of hydrogen-bond acceptors (Lipinski definition) is 3. The van der Waals surface area contributed by atoms with E-state index in [1.54, 1.807) is 6.20 Å². The highest BCUT2D eigenvalue weighted by molar-refractivity contribution is 5.48. The SMILES string of the molecule is CCN(CC)c1ccc(C(O)c2ccccn2)cc1. The van der Waals surface area contributed by atoms with Crippen LogP contribution in [-0.4, -0.2) is 23.2 Å². The van der Waals surface area contributed by atoms with Gasteiger partial charge in [0, 0.05) is 25.0 Å². The summed E-state index contributed by atoms with van der Waals surface area (Å²) in [5.74, 6) is 0. The number of benzene rings is 1. The van der Waals surface area contributed by atoms with Crippen LogP contribution in [0, 0.1) is 0 Å². The molecule has 0 saturated carbocycles. The quantitative estimate of drug-likeness (QED) is 0.893. The van der Waals surface area contributed by atoms with Crippen molar-refractivity contribution in [1.82, 2.24) is 4.98 Å². The maximum atomic E-state index is 10.3. The molecule has 19 heavy (non-hydrogen) atoms. The van der Waals surface area contributed by atoms with Crippen molar-refractivity contribution in [2.45, 2.75) is 20.0 Å². The van der Waals surface area contributed by atoms with E-state index < -0.39 is 6.10 Å². The van der Waals surface area contributed by atoms with E-state index in [9.17, 15) is 5.11 Å². The van der Waals surface area contributed by atoms with E-state index in [4.69, 9.17) is 0 Å². The van der Waals surface area contributed by atoms with Crippen LogP contribution < -0.4 is 4.90 Å². The fourth-order valence-corrected chi connectivity index (χ4v) is 2.16. The third-order valence-corrected chi connectivity index (χ3v) is 3.31. The van der Waals surface area contributed by atoms with Crippen LogP contribution in [0.4, 0.5) is 5.69 Å². The summed E-state index contributed by atoms with van der Waals surface area (Å²) in [4.78, 5) is 6.46. The molecule has 1 aromatic carbocycles. The number of rotatable bonds is 5. The van der Waals surface area contributed by atoms with Crippen molar-refractivity contribution in [3.8, 4) is 0 Å². The lowest BCUT2D eigenvalue weighted by atomic mass is 10.1. The average molecular weight is 256 g/mol. The first-order chi connectivity index (χ1) is 9.26. The van der Waals surface area contributed by atoms with E-state index >= 15 is 0 Å². The summed E-state index contributed by atoms with van der Waals surface area (Å²) in [6.45, 7) is 6.25. The lowest BCUT2D eigenvalue weighted by Crippen LogP contribution is -2.21. The van der Waals surface area contributed by atoms with Crippen molar-refractivity contribution in [2.75, 3.05) is 18.0 Å². The van der Waals surface area contributed by atoms with E-state index in [0.29, 0.717) is 5.69 Å². The van der Waals surface area contributed by atoms with Crippen molar-refractivity contribution in [1.29, 1.82) is 0 Å². The van der Waals surface area contributed by atoms with Gasteiger partial charge in [-0.25, -0.2) is 0 Å². The number of aliphatic hydroxyl groups excluding tert-OH is 1. The second-order valence-electron chi connectivity index (χ2n) is 4.42. The molecule has 0 aliphatic rings. The minimum absolute atomic E-state index is 0.660. The predicted octanol–water partition coefficient (Wildman–Crippen LogP) is 3.01. The summed E-state index contributed by atoms with van der Waals surface area (Å²) in [7, 11) is 0. The molecule has 3 nitrogen and oxygen atoms in total. The lowest BCUT2D eigenvalue weighted by molar-refractivity contribution is 0.215. The molecule has 2 aromatic rings. The summed E-state index contributed by atoms with van der Waals surface area (Å²) in [5.41, 5.74) is 2.73. The highest BCUT2D eigenvalue weighted by Gasteiger charge is 2.11. The second kappa shape index (κ2) is 6.34. The van der Waals surface area contributed by atoms with Crippen LogP contribution in [0.3, 0.4) is 0 Å². The van der Waals surface area contributed by atoms with Gasteiger partial charge in [0.15, 0.2) is 0 Å². The second-order valence-corrected chi connectivity index (χ2v) is 4.42. The maximum Gasteiger partial charge on any atom is 0.121 e. The van der Waals surface area contributed by atoms with Crippen LogP contribution in [0.15, 0.2) is 48.7 Å². The van der Waals surface area contributed by atoms with Crippen LogP contribution in [0.25, 0.3) is 0 Å². The Labute approximate surface area is 114 Å². The minimum atomic E-state index is -0.660. The van der Waals surface area contributed by atoms with Gasteiger partial charge in [-0.15, -0.1) is 0 Å². The van der Waals surface area contributed by atoms with Gasteiger partial charge in [-0.05, 0) is 43.7 Å². The molecule has 0 fully saturated rings. The summed E-state index contributed by atoms with van der Waals surface area (Å²) in [6, 6.07) is 13.6. The standard InChI is InChI=1S/C16H20N2O/c1-3-18(4-2)14-10-8-13(9-11-14)16(19)15-7-5-6-12-17-15/h5-12,16,19H,3-4H2,1-2H3. The monoisotopic (exact) mass is 256 g/mol. The molecule has 1 heterocycles. The van der Waals surface area contributed by atoms with Crippen LogP contribution in [0.5, 0.6) is 0 Å². The molecule has 1 unspecified atom stereocenters. The normalized spacial score (nSPS) is 12.2. The molecule has 3 heteroatoms. The first-order valence-corrected chi connectivity index (χ1v) is 6.70. The molecule has 1 aromatic heterocycles. The number of aliphatic hydroxyl groups is 1. The smallest absolute Gasteiger partial charge is 0.121 e. The zero-order valence-corrected chi connectivity index (χ0v) is 11.5. The summed E-state index contributed by atoms with van der Waals surface area (Å²) < 4.78 is 0. The Bertz CT molecular complexity index is 492. The minimum Gasteiger partial charge on any atom is -0.382 e. The molecule has 0 amide bonds. The molecular formula is C16H20N2O. The topological polar surface area (TPSA) is 36.4 Å². The third kappa shape index (κ3) is 3.12. The van der Waals surface area contributed by atoms with Gasteiger partial charge in [0.25, 0.3) is 0 Å². The van der Waals surface area contributed by atoms with Gasteiger partial charge in [-0.1, -0.05) is 18.2 Å². The molecule has 0 aliphatic carbocycles. The fraction of sp³-hybridized carbons (Fsp3) is 0.312. The molecule has 0 saturated heterocycles. The Morgan fingerprint density at radius 1 is 1.05 bits per heavy atom. The number of nitrogens with zero attached hydrogens (tertiary/aromatic N) is 2. The number of anilines is 1. The number of pyridine rings is 1. The van der Waals surface area contributed by atoms with Crippen molar-refractivity contribution < 1.29 is 5.11 Å². The summed E-state index contributed by atoms with van der Waals surface area (Å²) >= 11 is 0. The van der Waals surface area contributed by atoms with Crippen molar-refractivity contribution in [3.05, 3.63) is 59.9 Å². The van der Waals surface area contributed by atoms with E-state index in [0.717, 1.165) is 18.7 Å². The average Bonchev–Trinajstić information content (AvgIpc) is 2.49. The molecule has 0 aliphatic heterocycles. The molecule has 0 spiro atoms. The Balaban J connectivity index is 2.19. The summed E-state index contributed by atoms with van der Waals surface area (Å²) in [5, 5.41) is 10.3. The Hall–Kier alpha value is -1.87. The van der Waals surface area contributed by atoms with Gasteiger partial charge in [0.05, 0.1) is 5.69 Å². The van der Waals surface area contributed by atoms with Crippen molar-refractivity contribution in [2.24, 2.45) is 0 Å². The molecule has 2 rings (SSSR count). The van der Waals surface area contributed by atoms with Gasteiger partial charge < -0.3 is 10.0 Å². The summed E-state index contributed by atoms with van der Waals surface area (Å²) in [6.07, 6.45) is 1.04. The fourth-order valence-electron chi connectivity index (χ4n) is 2.16. The van der Waals surface area contributed by atoms with Gasteiger partial charge in [-0.2, -0.15) is 0 Å². The third-order valence-electron chi connectivity index (χ3n) is 3.31. The first kappa shape index (κ1) is 13.6. The Morgan fingerprint density at radius 3 is 2.26 bits per heavy atom. The lowest BCUT2D eigenvalue weighted by Gasteiger charge is -2.21. The van der Waals surface area contributed by atoms with Gasteiger partial charge in [0.1, 0.15) is 6.10 Å². The molecular weight excluding hydrogens is 236 g/mol. The molecule has 0 radical (unpaired) electrons. The first-order valence-electron chi connectivity index (χ1n) is 6.70. The Morgan fingerprint density at radius 2 is 1.74 bits per heavy atom. The maximum absolute atomic E-state index is 10.3. The van der Waals surface area contributed by atoms with Crippen molar-refractivity contribution in [3.63, 3.8) is 0 Å². The van der Waals surface area contributed by atoms with Crippen LogP contribution >= 0.6 is 0 Å². The van der Waals surface area contributed by atoms with Crippen LogP contribution in [0.1, 0.15) is 31.2 Å². The van der Waals surface area contributed by atoms with E-state index in [2.05, 4.69) is 35.9 Å². The van der Waals surface area contributed by atoms with E-state index in [-0.39, 0.29) is 0 Å². The van der Waals surface area contributed by atoms with Gasteiger partial charge in [-0.3, -0.25) is 4.98 Å². The van der Waals surface area contributed by atoms with Gasteiger partial charge >= 0.3 is 0 Å². The highest BCUT2D eigenvalue weighted by atomic mass is 16.3. The highest BCUT2D eigenvalue weighted by Crippen LogP contribution is 2.23. The molecule has 0 bridgehead atoms. The predicted molar refractivity (Wildman–Crippen MR) is 78.3 cm³/mol.